The van der Waals surface area contributed by atoms with Crippen LogP contribution in [-0.4, -0.2) is 16.1 Å². The molecule has 0 aliphatic rings. The third-order valence-electron chi connectivity index (χ3n) is 2.82. The number of imidazole rings is 1. The molecule has 0 saturated carbocycles. The Hall–Kier alpha value is -1.61. The van der Waals surface area contributed by atoms with Crippen LogP contribution in [0.3, 0.4) is 0 Å². The lowest BCUT2D eigenvalue weighted by Crippen LogP contribution is -2.10. The molecule has 3 nitrogen and oxygen atoms in total. The van der Waals surface area contributed by atoms with E-state index >= 15 is 0 Å². The standard InChI is InChI=1S/C14H19N3/c1-2-10-17-13(8-9-15)11-16-14(17)12-6-4-3-5-7-12/h3-7,11H,2,8-10,15H2,1H3. The van der Waals surface area contributed by atoms with Crippen LogP contribution in [0.25, 0.3) is 11.4 Å². The van der Waals surface area contributed by atoms with Gasteiger partial charge in [-0.25, -0.2) is 4.98 Å². The lowest BCUT2D eigenvalue weighted by molar-refractivity contribution is 0.651. The molecule has 2 N–H and O–H groups in total. The molecule has 17 heavy (non-hydrogen) atoms. The maximum Gasteiger partial charge on any atom is 0.140 e. The Labute approximate surface area is 102 Å². The fraction of sp³-hybridized carbons (Fsp3) is 0.357. The summed E-state index contributed by atoms with van der Waals surface area (Å²) in [4.78, 5) is 4.53. The summed E-state index contributed by atoms with van der Waals surface area (Å²) in [6, 6.07) is 10.3. The van der Waals surface area contributed by atoms with E-state index in [9.17, 15) is 0 Å². The second-order valence-electron chi connectivity index (χ2n) is 4.13. The van der Waals surface area contributed by atoms with Gasteiger partial charge in [-0.2, -0.15) is 0 Å². The highest BCUT2D eigenvalue weighted by Crippen LogP contribution is 2.20. The number of aromatic nitrogens is 2. The fourth-order valence-electron chi connectivity index (χ4n) is 2.05. The third-order valence-corrected chi connectivity index (χ3v) is 2.82. The van der Waals surface area contributed by atoms with Crippen LogP contribution < -0.4 is 5.73 Å². The second-order valence-corrected chi connectivity index (χ2v) is 4.13. The van der Waals surface area contributed by atoms with E-state index in [1.165, 1.54) is 11.3 Å². The largest absolute Gasteiger partial charge is 0.330 e. The molecule has 3 heteroatoms. The first-order valence-electron chi connectivity index (χ1n) is 6.16. The molecule has 0 radical (unpaired) electrons. The Bertz CT molecular complexity index is 460. The van der Waals surface area contributed by atoms with Crippen LogP contribution in [0.1, 0.15) is 19.0 Å². The van der Waals surface area contributed by atoms with E-state index in [1.807, 2.05) is 24.4 Å². The average Bonchev–Trinajstić information content (AvgIpc) is 2.75. The molecular weight excluding hydrogens is 210 g/mol. The molecule has 0 aliphatic carbocycles. The molecule has 0 saturated heterocycles. The van der Waals surface area contributed by atoms with Crippen LogP contribution in [0.5, 0.6) is 0 Å². The van der Waals surface area contributed by atoms with Crippen LogP contribution >= 0.6 is 0 Å². The normalized spacial score (nSPS) is 10.7. The van der Waals surface area contributed by atoms with Crippen molar-refractivity contribution in [3.63, 3.8) is 0 Å². The summed E-state index contributed by atoms with van der Waals surface area (Å²) < 4.78 is 2.28. The molecule has 1 aromatic heterocycles. The van der Waals surface area contributed by atoms with E-state index in [-0.39, 0.29) is 0 Å². The van der Waals surface area contributed by atoms with Crippen molar-refractivity contribution in [2.24, 2.45) is 5.73 Å². The topological polar surface area (TPSA) is 43.8 Å². The monoisotopic (exact) mass is 229 g/mol. The van der Waals surface area contributed by atoms with Crippen LogP contribution in [0.2, 0.25) is 0 Å². The predicted molar refractivity (Wildman–Crippen MR) is 70.7 cm³/mol. The highest BCUT2D eigenvalue weighted by molar-refractivity contribution is 5.55. The van der Waals surface area contributed by atoms with Gasteiger partial charge in [-0.3, -0.25) is 0 Å². The minimum atomic E-state index is 0.670. The summed E-state index contributed by atoms with van der Waals surface area (Å²) in [5.74, 6) is 1.05. The number of nitrogens with two attached hydrogens (primary N) is 1. The maximum atomic E-state index is 5.63. The molecule has 1 heterocycles. The SMILES string of the molecule is CCCn1c(CCN)cnc1-c1ccccc1. The van der Waals surface area contributed by atoms with E-state index in [0.29, 0.717) is 6.54 Å². The number of hydrogen-bond donors (Lipinski definition) is 1. The van der Waals surface area contributed by atoms with Crippen LogP contribution in [0, 0.1) is 0 Å². The first-order chi connectivity index (χ1) is 8.36. The summed E-state index contributed by atoms with van der Waals surface area (Å²) in [7, 11) is 0. The van der Waals surface area contributed by atoms with Gasteiger partial charge < -0.3 is 10.3 Å². The van der Waals surface area contributed by atoms with Crippen molar-refractivity contribution in [3.05, 3.63) is 42.2 Å². The van der Waals surface area contributed by atoms with Gasteiger partial charge in [0.1, 0.15) is 5.82 Å². The number of benzene rings is 1. The molecular formula is C14H19N3. The molecule has 1 aromatic carbocycles. The molecule has 0 aliphatic heterocycles. The van der Waals surface area contributed by atoms with Gasteiger partial charge in [0.15, 0.2) is 0 Å². The van der Waals surface area contributed by atoms with Crippen molar-refractivity contribution >= 4 is 0 Å². The smallest absolute Gasteiger partial charge is 0.140 e. The Morgan fingerprint density at radius 2 is 2.00 bits per heavy atom. The summed E-state index contributed by atoms with van der Waals surface area (Å²) in [6.07, 6.45) is 3.94. The Kier molecular flexibility index (Phi) is 3.94. The minimum absolute atomic E-state index is 0.670. The molecule has 2 aromatic rings. The van der Waals surface area contributed by atoms with E-state index in [1.54, 1.807) is 0 Å². The molecule has 0 atom stereocenters. The molecule has 0 bridgehead atoms. The van der Waals surface area contributed by atoms with Crippen molar-refractivity contribution in [2.45, 2.75) is 26.3 Å². The third kappa shape index (κ3) is 2.56. The molecule has 0 amide bonds. The average molecular weight is 229 g/mol. The summed E-state index contributed by atoms with van der Waals surface area (Å²) >= 11 is 0. The van der Waals surface area contributed by atoms with E-state index in [0.717, 1.165) is 25.2 Å². The fourth-order valence-corrected chi connectivity index (χ4v) is 2.05. The van der Waals surface area contributed by atoms with Crippen molar-refractivity contribution in [3.8, 4) is 11.4 Å². The van der Waals surface area contributed by atoms with Gasteiger partial charge in [-0.05, 0) is 13.0 Å². The zero-order valence-corrected chi connectivity index (χ0v) is 10.3. The van der Waals surface area contributed by atoms with Crippen LogP contribution in [-0.2, 0) is 13.0 Å². The van der Waals surface area contributed by atoms with Gasteiger partial charge >= 0.3 is 0 Å². The lowest BCUT2D eigenvalue weighted by Gasteiger charge is -2.10. The van der Waals surface area contributed by atoms with Crippen molar-refractivity contribution < 1.29 is 0 Å². The number of hydrogen-bond acceptors (Lipinski definition) is 2. The highest BCUT2D eigenvalue weighted by Gasteiger charge is 2.09. The highest BCUT2D eigenvalue weighted by atomic mass is 15.1. The summed E-state index contributed by atoms with van der Waals surface area (Å²) in [6.45, 7) is 3.85. The maximum absolute atomic E-state index is 5.63. The van der Waals surface area contributed by atoms with Gasteiger partial charge in [-0.1, -0.05) is 37.3 Å². The molecule has 2 rings (SSSR count). The second kappa shape index (κ2) is 5.64. The first-order valence-corrected chi connectivity index (χ1v) is 6.16. The quantitative estimate of drug-likeness (QED) is 0.856. The molecule has 0 fully saturated rings. The van der Waals surface area contributed by atoms with Crippen molar-refractivity contribution in [1.29, 1.82) is 0 Å². The van der Waals surface area contributed by atoms with Gasteiger partial charge in [0.05, 0.1) is 0 Å². The first kappa shape index (κ1) is 11.9. The van der Waals surface area contributed by atoms with E-state index < -0.39 is 0 Å². The predicted octanol–water partition coefficient (Wildman–Crippen LogP) is 2.46. The lowest BCUT2D eigenvalue weighted by atomic mass is 10.2. The molecule has 0 unspecified atom stereocenters. The minimum Gasteiger partial charge on any atom is -0.330 e. The summed E-state index contributed by atoms with van der Waals surface area (Å²) in [5, 5.41) is 0. The molecule has 0 spiro atoms. The van der Waals surface area contributed by atoms with Gasteiger partial charge in [0, 0.05) is 30.4 Å². The summed E-state index contributed by atoms with van der Waals surface area (Å²) in [5.41, 5.74) is 8.03. The van der Waals surface area contributed by atoms with E-state index in [2.05, 4.69) is 28.6 Å². The van der Waals surface area contributed by atoms with Gasteiger partial charge in [0.25, 0.3) is 0 Å². The number of nitrogens with zero attached hydrogens (tertiary/aromatic N) is 2. The Morgan fingerprint density at radius 3 is 2.65 bits per heavy atom. The van der Waals surface area contributed by atoms with Crippen LogP contribution in [0.15, 0.2) is 36.5 Å². The Morgan fingerprint density at radius 1 is 1.24 bits per heavy atom. The van der Waals surface area contributed by atoms with E-state index in [4.69, 9.17) is 5.73 Å². The zero-order valence-electron chi connectivity index (χ0n) is 10.3. The van der Waals surface area contributed by atoms with Crippen molar-refractivity contribution in [1.82, 2.24) is 9.55 Å². The van der Waals surface area contributed by atoms with Crippen molar-refractivity contribution in [2.75, 3.05) is 6.54 Å². The Balaban J connectivity index is 2.40. The zero-order chi connectivity index (χ0) is 12.1. The van der Waals surface area contributed by atoms with Crippen LogP contribution in [0.4, 0.5) is 0 Å². The molecule has 90 valence electrons. The number of rotatable bonds is 5. The van der Waals surface area contributed by atoms with Gasteiger partial charge in [0.2, 0.25) is 0 Å². The van der Waals surface area contributed by atoms with Gasteiger partial charge in [-0.15, -0.1) is 0 Å².